The maximum absolute atomic E-state index is 10.4. The number of hydrogen-bond acceptors (Lipinski definition) is 2. The van der Waals surface area contributed by atoms with Crippen LogP contribution in [-0.2, 0) is 13.6 Å². The lowest BCUT2D eigenvalue weighted by atomic mass is 10.3. The molecular formula is C6H10BF4N3O2. The van der Waals surface area contributed by atoms with Gasteiger partial charge in [-0.25, -0.2) is 4.57 Å². The molecule has 0 saturated heterocycles. The number of hydrogen-bond donors (Lipinski definition) is 0. The first-order valence-electron chi connectivity index (χ1n) is 4.22. The number of halogens is 4. The number of imidazole rings is 1. The largest absolute Gasteiger partial charge is 0.673 e. The number of nitrogens with zero attached hydrogens (tertiary/aromatic N) is 3. The number of nitro groups is 1. The van der Waals surface area contributed by atoms with Gasteiger partial charge < -0.3 is 27.4 Å². The molecule has 0 aliphatic rings. The van der Waals surface area contributed by atoms with Gasteiger partial charge in [0, 0.05) is 0 Å². The highest BCUT2D eigenvalue weighted by Gasteiger charge is 2.20. The van der Waals surface area contributed by atoms with E-state index in [2.05, 4.69) is 0 Å². The van der Waals surface area contributed by atoms with Crippen molar-refractivity contribution in [2.45, 2.75) is 13.5 Å². The molecule has 1 rings (SSSR count). The molecule has 0 N–H and O–H groups in total. The molecule has 0 atom stereocenters. The van der Waals surface area contributed by atoms with Crippen LogP contribution in [0.4, 0.5) is 23.1 Å². The quantitative estimate of drug-likeness (QED) is 0.260. The van der Waals surface area contributed by atoms with Crippen molar-refractivity contribution in [2.75, 3.05) is 0 Å². The van der Waals surface area contributed by atoms with E-state index in [1.165, 1.54) is 6.20 Å². The van der Waals surface area contributed by atoms with E-state index in [1.807, 2.05) is 6.92 Å². The molecule has 92 valence electrons. The fraction of sp³-hybridized carbons (Fsp3) is 0.500. The molecule has 0 aliphatic heterocycles. The molecule has 1 heterocycles. The van der Waals surface area contributed by atoms with E-state index in [-0.39, 0.29) is 10.7 Å². The topological polar surface area (TPSA) is 52.0 Å². The molecule has 16 heavy (non-hydrogen) atoms. The standard InChI is InChI=1S/C6H10N3O2.BF4/c1-3-8-5-7(2)4-6(8)9(10)11;2-1(3,4)5/h4-5H,3H2,1-2H3;/q+1;-1. The summed E-state index contributed by atoms with van der Waals surface area (Å²) < 4.78 is 42.3. The lowest BCUT2D eigenvalue weighted by molar-refractivity contribution is -0.672. The molecule has 0 amide bonds. The van der Waals surface area contributed by atoms with Gasteiger partial charge >= 0.3 is 13.1 Å². The lowest BCUT2D eigenvalue weighted by Crippen LogP contribution is -2.23. The Hall–Kier alpha value is -1.61. The summed E-state index contributed by atoms with van der Waals surface area (Å²) in [5.41, 5.74) is 0. The van der Waals surface area contributed by atoms with Gasteiger partial charge in [0.1, 0.15) is 0 Å². The Kier molecular flexibility index (Phi) is 4.92. The second-order valence-electron chi connectivity index (χ2n) is 2.81. The van der Waals surface area contributed by atoms with Gasteiger partial charge in [-0.2, -0.15) is 4.57 Å². The van der Waals surface area contributed by atoms with E-state index in [0.717, 1.165) is 0 Å². The van der Waals surface area contributed by atoms with Crippen molar-refractivity contribution in [3.05, 3.63) is 22.6 Å². The second-order valence-corrected chi connectivity index (χ2v) is 2.81. The summed E-state index contributed by atoms with van der Waals surface area (Å²) in [6.07, 6.45) is 3.18. The van der Waals surface area contributed by atoms with Crippen LogP contribution >= 0.6 is 0 Å². The Morgan fingerprint density at radius 3 is 2.19 bits per heavy atom. The molecule has 0 saturated carbocycles. The van der Waals surface area contributed by atoms with Gasteiger partial charge in [0.05, 0.1) is 13.6 Å². The fourth-order valence-electron chi connectivity index (χ4n) is 0.964. The van der Waals surface area contributed by atoms with Gasteiger partial charge in [-0.15, -0.1) is 0 Å². The van der Waals surface area contributed by atoms with E-state index in [1.54, 1.807) is 22.5 Å². The van der Waals surface area contributed by atoms with Gasteiger partial charge in [-0.1, -0.05) is 0 Å². The third-order valence-electron chi connectivity index (χ3n) is 1.46. The summed E-state index contributed by atoms with van der Waals surface area (Å²) in [5.74, 6) is 0.134. The van der Waals surface area contributed by atoms with Crippen molar-refractivity contribution in [3.8, 4) is 0 Å². The maximum Gasteiger partial charge on any atom is 0.673 e. The summed E-state index contributed by atoms with van der Waals surface area (Å²) in [5, 5.41) is 10.4. The van der Waals surface area contributed by atoms with Gasteiger partial charge in [0.15, 0.2) is 6.20 Å². The molecule has 0 fully saturated rings. The second kappa shape index (κ2) is 5.47. The van der Waals surface area contributed by atoms with E-state index in [0.29, 0.717) is 6.54 Å². The average Bonchev–Trinajstić information content (AvgIpc) is 2.43. The van der Waals surface area contributed by atoms with Gasteiger partial charge in [-0.05, 0) is 11.8 Å². The highest BCUT2D eigenvalue weighted by Crippen LogP contribution is 2.07. The van der Waals surface area contributed by atoms with Crippen LogP contribution in [0.2, 0.25) is 0 Å². The molecule has 0 radical (unpaired) electrons. The Bertz CT molecular complexity index is 359. The van der Waals surface area contributed by atoms with Crippen molar-refractivity contribution in [2.24, 2.45) is 7.05 Å². The SMILES string of the molecule is CCn1c[n+](C)cc1[N+](=O)[O-].F[B-](F)(F)F. The van der Waals surface area contributed by atoms with Crippen LogP contribution in [0.3, 0.4) is 0 Å². The minimum atomic E-state index is -6.00. The average molecular weight is 243 g/mol. The molecule has 10 heteroatoms. The Morgan fingerprint density at radius 1 is 1.50 bits per heavy atom. The summed E-state index contributed by atoms with van der Waals surface area (Å²) >= 11 is 0. The third kappa shape index (κ3) is 5.99. The first-order valence-corrected chi connectivity index (χ1v) is 4.22. The van der Waals surface area contributed by atoms with Gasteiger partial charge in [0.25, 0.3) is 0 Å². The molecule has 1 aromatic heterocycles. The number of rotatable bonds is 2. The van der Waals surface area contributed by atoms with E-state index in [9.17, 15) is 27.4 Å². The van der Waals surface area contributed by atoms with Crippen molar-refractivity contribution in [3.63, 3.8) is 0 Å². The predicted octanol–water partition coefficient (Wildman–Crippen LogP) is 1.54. The third-order valence-corrected chi connectivity index (χ3v) is 1.46. The highest BCUT2D eigenvalue weighted by molar-refractivity contribution is 6.50. The first-order chi connectivity index (χ1) is 7.15. The van der Waals surface area contributed by atoms with Crippen molar-refractivity contribution >= 4 is 13.1 Å². The predicted molar refractivity (Wildman–Crippen MR) is 48.1 cm³/mol. The number of aromatic nitrogens is 2. The molecule has 0 bridgehead atoms. The molecule has 0 aliphatic carbocycles. The van der Waals surface area contributed by atoms with E-state index >= 15 is 0 Å². The van der Waals surface area contributed by atoms with Crippen molar-refractivity contribution in [1.82, 2.24) is 4.57 Å². The Balaban J connectivity index is 0.000000385. The van der Waals surface area contributed by atoms with Crippen molar-refractivity contribution in [1.29, 1.82) is 0 Å². The van der Waals surface area contributed by atoms with Gasteiger partial charge in [0.2, 0.25) is 6.33 Å². The van der Waals surface area contributed by atoms with Gasteiger partial charge in [-0.3, -0.25) is 0 Å². The normalized spacial score (nSPS) is 10.6. The van der Waals surface area contributed by atoms with Crippen LogP contribution < -0.4 is 4.57 Å². The fourth-order valence-corrected chi connectivity index (χ4v) is 0.964. The summed E-state index contributed by atoms with van der Waals surface area (Å²) in [7, 11) is -4.24. The number of aryl methyl sites for hydroxylation is 2. The molecule has 0 unspecified atom stereocenters. The highest BCUT2D eigenvalue weighted by atomic mass is 19.5. The summed E-state index contributed by atoms with van der Waals surface area (Å²) in [4.78, 5) is 9.98. The molecule has 1 aromatic rings. The zero-order valence-corrected chi connectivity index (χ0v) is 8.61. The first kappa shape index (κ1) is 14.4. The van der Waals surface area contributed by atoms with Crippen LogP contribution in [0.1, 0.15) is 6.92 Å². The minimum absolute atomic E-state index is 0.134. The van der Waals surface area contributed by atoms with Crippen LogP contribution in [0.15, 0.2) is 12.5 Å². The zero-order valence-electron chi connectivity index (χ0n) is 8.61. The summed E-state index contributed by atoms with van der Waals surface area (Å²) in [6, 6.07) is 0. The maximum atomic E-state index is 10.4. The zero-order chi connectivity index (χ0) is 12.9. The van der Waals surface area contributed by atoms with E-state index < -0.39 is 7.25 Å². The minimum Gasteiger partial charge on any atom is -0.418 e. The van der Waals surface area contributed by atoms with Crippen LogP contribution in [0.25, 0.3) is 0 Å². The summed E-state index contributed by atoms with van der Waals surface area (Å²) in [6.45, 7) is 2.49. The molecular weight excluding hydrogens is 233 g/mol. The molecule has 0 spiro atoms. The molecule has 0 aromatic carbocycles. The van der Waals surface area contributed by atoms with Crippen LogP contribution in [-0.4, -0.2) is 16.7 Å². The molecule has 5 nitrogen and oxygen atoms in total. The lowest BCUT2D eigenvalue weighted by Gasteiger charge is -1.94. The monoisotopic (exact) mass is 243 g/mol. The smallest absolute Gasteiger partial charge is 0.418 e. The Labute approximate surface area is 88.6 Å². The Morgan fingerprint density at radius 2 is 1.94 bits per heavy atom. The van der Waals surface area contributed by atoms with Crippen molar-refractivity contribution < 1.29 is 26.8 Å². The van der Waals surface area contributed by atoms with Crippen LogP contribution in [0, 0.1) is 10.1 Å². The van der Waals surface area contributed by atoms with E-state index in [4.69, 9.17) is 0 Å². The van der Waals surface area contributed by atoms with Crippen LogP contribution in [0.5, 0.6) is 0 Å².